The van der Waals surface area contributed by atoms with E-state index < -0.39 is 5.79 Å². The number of rotatable bonds is 0. The molecule has 2 aliphatic heterocycles. The van der Waals surface area contributed by atoms with Crippen LogP contribution in [0.4, 0.5) is 0 Å². The first kappa shape index (κ1) is 8.68. The third-order valence-corrected chi connectivity index (χ3v) is 3.22. The van der Waals surface area contributed by atoms with E-state index in [0.29, 0.717) is 0 Å². The lowest BCUT2D eigenvalue weighted by Gasteiger charge is -2.25. The van der Waals surface area contributed by atoms with Gasteiger partial charge in [0.05, 0.1) is 12.0 Å². The molecule has 4 atom stereocenters. The minimum Gasteiger partial charge on any atom is -0.459 e. The predicted octanol–water partition coefficient (Wildman–Crippen LogP) is 0.842. The van der Waals surface area contributed by atoms with Crippen LogP contribution in [0.2, 0.25) is 0 Å². The van der Waals surface area contributed by atoms with Gasteiger partial charge in [-0.3, -0.25) is 4.79 Å². The SMILES string of the molecule is CC1(C)O[C@@H]2CC3CC(OC3=O)[C@@H]2O1. The molecule has 0 aromatic carbocycles. The van der Waals surface area contributed by atoms with Crippen molar-refractivity contribution in [3.05, 3.63) is 0 Å². The van der Waals surface area contributed by atoms with Gasteiger partial charge in [0.15, 0.2) is 5.79 Å². The molecule has 0 spiro atoms. The average molecular weight is 198 g/mol. The maximum absolute atomic E-state index is 11.3. The van der Waals surface area contributed by atoms with Crippen molar-refractivity contribution >= 4 is 5.97 Å². The molecule has 0 amide bonds. The smallest absolute Gasteiger partial charge is 0.309 e. The number of carbonyl (C=O) groups is 1. The molecule has 2 bridgehead atoms. The molecular formula is C10H14O4. The minimum atomic E-state index is -0.522. The minimum absolute atomic E-state index is 0.0405. The lowest BCUT2D eigenvalue weighted by atomic mass is 9.86. The molecule has 0 aromatic heterocycles. The van der Waals surface area contributed by atoms with E-state index in [4.69, 9.17) is 14.2 Å². The van der Waals surface area contributed by atoms with E-state index in [9.17, 15) is 4.79 Å². The van der Waals surface area contributed by atoms with Crippen LogP contribution in [-0.2, 0) is 19.0 Å². The first-order chi connectivity index (χ1) is 6.55. The highest BCUT2D eigenvalue weighted by atomic mass is 16.8. The molecule has 4 nitrogen and oxygen atoms in total. The molecule has 3 rings (SSSR count). The van der Waals surface area contributed by atoms with Gasteiger partial charge in [-0.15, -0.1) is 0 Å². The topological polar surface area (TPSA) is 44.8 Å². The van der Waals surface area contributed by atoms with Crippen molar-refractivity contribution in [2.75, 3.05) is 0 Å². The molecule has 1 saturated carbocycles. The zero-order valence-electron chi connectivity index (χ0n) is 8.36. The van der Waals surface area contributed by atoms with Crippen LogP contribution in [0.5, 0.6) is 0 Å². The Balaban J connectivity index is 1.85. The van der Waals surface area contributed by atoms with E-state index >= 15 is 0 Å². The van der Waals surface area contributed by atoms with Crippen molar-refractivity contribution in [2.45, 2.75) is 50.8 Å². The molecule has 1 aliphatic carbocycles. The summed E-state index contributed by atoms with van der Waals surface area (Å²) in [5.41, 5.74) is 0. The Morgan fingerprint density at radius 2 is 1.93 bits per heavy atom. The predicted molar refractivity (Wildman–Crippen MR) is 46.4 cm³/mol. The lowest BCUT2D eigenvalue weighted by Crippen LogP contribution is -2.38. The van der Waals surface area contributed by atoms with Gasteiger partial charge in [-0.1, -0.05) is 0 Å². The number of esters is 1. The van der Waals surface area contributed by atoms with Crippen LogP contribution in [0, 0.1) is 5.92 Å². The summed E-state index contributed by atoms with van der Waals surface area (Å²) >= 11 is 0. The van der Waals surface area contributed by atoms with Crippen LogP contribution in [0.25, 0.3) is 0 Å². The van der Waals surface area contributed by atoms with Crippen molar-refractivity contribution in [1.82, 2.24) is 0 Å². The first-order valence-corrected chi connectivity index (χ1v) is 5.11. The number of carbonyl (C=O) groups excluding carboxylic acids is 1. The van der Waals surface area contributed by atoms with E-state index in [-0.39, 0.29) is 30.2 Å². The van der Waals surface area contributed by atoms with E-state index in [1.54, 1.807) is 0 Å². The molecule has 0 aromatic rings. The number of fused-ring (bicyclic) bond motifs is 4. The molecule has 3 fully saturated rings. The third kappa shape index (κ3) is 1.10. The Morgan fingerprint density at radius 3 is 2.71 bits per heavy atom. The van der Waals surface area contributed by atoms with Crippen LogP contribution in [0.15, 0.2) is 0 Å². The molecule has 0 radical (unpaired) electrons. The number of hydrogen-bond acceptors (Lipinski definition) is 4. The largest absolute Gasteiger partial charge is 0.459 e. The fraction of sp³-hybridized carbons (Fsp3) is 0.900. The zero-order chi connectivity index (χ0) is 9.92. The van der Waals surface area contributed by atoms with E-state index in [0.717, 1.165) is 12.8 Å². The highest BCUT2D eigenvalue weighted by Crippen LogP contribution is 2.44. The molecule has 2 heterocycles. The molecule has 14 heavy (non-hydrogen) atoms. The quantitative estimate of drug-likeness (QED) is 0.541. The maximum Gasteiger partial charge on any atom is 0.309 e. The van der Waals surface area contributed by atoms with Crippen LogP contribution >= 0.6 is 0 Å². The molecule has 2 saturated heterocycles. The summed E-state index contributed by atoms with van der Waals surface area (Å²) in [7, 11) is 0. The fourth-order valence-electron chi connectivity index (χ4n) is 2.70. The Bertz CT molecular complexity index is 286. The highest BCUT2D eigenvalue weighted by Gasteiger charge is 2.55. The second-order valence-electron chi connectivity index (χ2n) is 4.78. The summed E-state index contributed by atoms with van der Waals surface area (Å²) in [6, 6.07) is 0. The second kappa shape index (κ2) is 2.49. The van der Waals surface area contributed by atoms with Crippen LogP contribution in [0.1, 0.15) is 26.7 Å². The molecule has 0 N–H and O–H groups in total. The Hall–Kier alpha value is -0.610. The summed E-state index contributed by atoms with van der Waals surface area (Å²) in [5.74, 6) is -0.556. The van der Waals surface area contributed by atoms with Gasteiger partial charge in [0.1, 0.15) is 12.2 Å². The Labute approximate surface area is 82.5 Å². The third-order valence-electron chi connectivity index (χ3n) is 3.22. The summed E-state index contributed by atoms with van der Waals surface area (Å²) in [6.07, 6.45) is 1.48. The van der Waals surface area contributed by atoms with Crippen molar-refractivity contribution in [3.63, 3.8) is 0 Å². The van der Waals surface area contributed by atoms with Gasteiger partial charge in [0.25, 0.3) is 0 Å². The van der Waals surface area contributed by atoms with E-state index in [1.807, 2.05) is 13.8 Å². The van der Waals surface area contributed by atoms with Gasteiger partial charge in [0.2, 0.25) is 0 Å². The maximum atomic E-state index is 11.3. The normalized spacial score (nSPS) is 48.9. The van der Waals surface area contributed by atoms with Crippen LogP contribution < -0.4 is 0 Å². The van der Waals surface area contributed by atoms with Gasteiger partial charge in [-0.05, 0) is 20.3 Å². The fourth-order valence-corrected chi connectivity index (χ4v) is 2.70. The van der Waals surface area contributed by atoms with Crippen LogP contribution in [0.3, 0.4) is 0 Å². The molecule has 3 aliphatic rings. The van der Waals surface area contributed by atoms with E-state index in [2.05, 4.69) is 0 Å². The summed E-state index contributed by atoms with van der Waals surface area (Å²) in [4.78, 5) is 11.3. The lowest BCUT2D eigenvalue weighted by molar-refractivity contribution is -0.166. The molecule has 4 heteroatoms. The summed E-state index contributed by atoms with van der Waals surface area (Å²) in [5, 5.41) is 0. The standard InChI is InChI=1S/C10H14O4/c1-10(2)13-7-4-5-3-6(8(7)14-10)12-9(5)11/h5-8H,3-4H2,1-2H3/t5?,6?,7-,8+/m1/s1. The summed E-state index contributed by atoms with van der Waals surface area (Å²) in [6.45, 7) is 3.81. The van der Waals surface area contributed by atoms with Crippen molar-refractivity contribution in [1.29, 1.82) is 0 Å². The first-order valence-electron chi connectivity index (χ1n) is 5.11. The Morgan fingerprint density at radius 1 is 1.21 bits per heavy atom. The van der Waals surface area contributed by atoms with Gasteiger partial charge < -0.3 is 14.2 Å². The molecule has 2 unspecified atom stereocenters. The highest BCUT2D eigenvalue weighted by molar-refractivity contribution is 5.75. The van der Waals surface area contributed by atoms with Crippen molar-refractivity contribution in [2.24, 2.45) is 5.92 Å². The number of hydrogen-bond donors (Lipinski definition) is 0. The summed E-state index contributed by atoms with van der Waals surface area (Å²) < 4.78 is 16.7. The monoisotopic (exact) mass is 198 g/mol. The molecule has 78 valence electrons. The van der Waals surface area contributed by atoms with Gasteiger partial charge in [0, 0.05) is 6.42 Å². The Kier molecular flexibility index (Phi) is 1.55. The van der Waals surface area contributed by atoms with Gasteiger partial charge >= 0.3 is 5.97 Å². The number of ether oxygens (including phenoxy) is 3. The van der Waals surface area contributed by atoms with Crippen molar-refractivity contribution in [3.8, 4) is 0 Å². The van der Waals surface area contributed by atoms with E-state index in [1.165, 1.54) is 0 Å². The zero-order valence-corrected chi connectivity index (χ0v) is 8.36. The van der Waals surface area contributed by atoms with Crippen molar-refractivity contribution < 1.29 is 19.0 Å². The molecular weight excluding hydrogens is 184 g/mol. The average Bonchev–Trinajstić information content (AvgIpc) is 2.53. The van der Waals surface area contributed by atoms with Gasteiger partial charge in [-0.25, -0.2) is 0 Å². The van der Waals surface area contributed by atoms with Crippen LogP contribution in [-0.4, -0.2) is 30.1 Å². The van der Waals surface area contributed by atoms with Gasteiger partial charge in [-0.2, -0.15) is 0 Å². The second-order valence-corrected chi connectivity index (χ2v) is 4.78.